The third kappa shape index (κ3) is 4.62. The fraction of sp³-hybridized carbons (Fsp3) is 0.346. The Hall–Kier alpha value is -3.81. The molecule has 4 rings (SSSR count). The van der Waals surface area contributed by atoms with Gasteiger partial charge >= 0.3 is 0 Å². The van der Waals surface area contributed by atoms with Crippen molar-refractivity contribution in [3.8, 4) is 22.8 Å². The number of nitrogens with zero attached hydrogens (tertiary/aromatic N) is 6. The van der Waals surface area contributed by atoms with Crippen LogP contribution in [0.3, 0.4) is 0 Å². The van der Waals surface area contributed by atoms with E-state index in [0.717, 1.165) is 34.0 Å². The minimum atomic E-state index is -0.165. The van der Waals surface area contributed by atoms with Crippen molar-refractivity contribution in [1.82, 2.24) is 29.3 Å². The highest BCUT2D eigenvalue weighted by molar-refractivity contribution is 5.64. The summed E-state index contributed by atoms with van der Waals surface area (Å²) in [4.78, 5) is 27.2. The number of rotatable bonds is 5. The smallest absolute Gasteiger partial charge is 0.264 e. The van der Waals surface area contributed by atoms with E-state index in [4.69, 9.17) is 9.72 Å². The van der Waals surface area contributed by atoms with E-state index in [9.17, 15) is 4.79 Å². The van der Waals surface area contributed by atoms with Crippen molar-refractivity contribution in [2.75, 3.05) is 0 Å². The summed E-state index contributed by atoms with van der Waals surface area (Å²) >= 11 is 0. The predicted octanol–water partition coefficient (Wildman–Crippen LogP) is 4.22. The number of hydrogen-bond donors (Lipinski definition) is 0. The maximum Gasteiger partial charge on any atom is 0.264 e. The van der Waals surface area contributed by atoms with Crippen molar-refractivity contribution >= 4 is 0 Å². The summed E-state index contributed by atoms with van der Waals surface area (Å²) in [5.41, 5.74) is 4.34. The van der Waals surface area contributed by atoms with E-state index < -0.39 is 0 Å². The Kier molecular flexibility index (Phi) is 6.08. The molecule has 0 aliphatic rings. The van der Waals surface area contributed by atoms with Crippen molar-refractivity contribution in [3.05, 3.63) is 81.5 Å². The zero-order valence-electron chi connectivity index (χ0n) is 20.7. The quantitative estimate of drug-likeness (QED) is 0.445. The van der Waals surface area contributed by atoms with Crippen LogP contribution >= 0.6 is 0 Å². The molecule has 0 atom stereocenters. The van der Waals surface area contributed by atoms with Crippen molar-refractivity contribution in [3.63, 3.8) is 0 Å². The highest BCUT2D eigenvalue weighted by Crippen LogP contribution is 2.26. The van der Waals surface area contributed by atoms with Crippen molar-refractivity contribution in [2.45, 2.75) is 53.6 Å². The number of aromatic nitrogens is 6. The Balaban J connectivity index is 1.73. The lowest BCUT2D eigenvalue weighted by Crippen LogP contribution is -2.26. The number of hydrogen-bond acceptors (Lipinski definition) is 6. The van der Waals surface area contributed by atoms with Crippen LogP contribution in [0.4, 0.5) is 0 Å². The van der Waals surface area contributed by atoms with E-state index in [1.165, 1.54) is 0 Å². The van der Waals surface area contributed by atoms with E-state index in [1.807, 2.05) is 57.4 Å². The predicted molar refractivity (Wildman–Crippen MR) is 131 cm³/mol. The maximum absolute atomic E-state index is 13.4. The topological polar surface area (TPSA) is 87.7 Å². The van der Waals surface area contributed by atoms with Gasteiger partial charge in [-0.2, -0.15) is 10.1 Å². The molecule has 0 N–H and O–H groups in total. The molecule has 4 aromatic rings. The Labute approximate surface area is 199 Å². The maximum atomic E-state index is 13.4. The van der Waals surface area contributed by atoms with Crippen molar-refractivity contribution in [1.29, 1.82) is 0 Å². The Bertz CT molecular complexity index is 1410. The molecular formula is C26H30N6O2. The molecule has 34 heavy (non-hydrogen) atoms. The molecule has 0 saturated heterocycles. The highest BCUT2D eigenvalue weighted by Gasteiger charge is 2.19. The first-order valence-electron chi connectivity index (χ1n) is 11.2. The lowest BCUT2D eigenvalue weighted by molar-refractivity contribution is 0.283. The molecule has 0 fully saturated rings. The number of ether oxygens (including phenoxy) is 1. The van der Waals surface area contributed by atoms with Crippen molar-refractivity contribution in [2.24, 2.45) is 7.05 Å². The van der Waals surface area contributed by atoms with Crippen LogP contribution in [-0.4, -0.2) is 29.3 Å². The summed E-state index contributed by atoms with van der Waals surface area (Å²) in [6, 6.07) is 9.75. The standard InChI is InChI=1S/C26H30N6O2/c1-16-8-9-19(21-10-12-27-25(29-21)26(4,5)6)14-22(16)32-18(3)28-23(17(2)24(32)33)34-15-20-11-13-31(7)30-20/h8-14H,15H2,1-7H3. The number of benzene rings is 1. The second kappa shape index (κ2) is 8.85. The Morgan fingerprint density at radius 2 is 1.79 bits per heavy atom. The van der Waals surface area contributed by atoms with Gasteiger partial charge in [-0.1, -0.05) is 32.9 Å². The first-order valence-corrected chi connectivity index (χ1v) is 11.2. The van der Waals surface area contributed by atoms with Crippen LogP contribution in [0.15, 0.2) is 47.5 Å². The molecule has 0 aliphatic carbocycles. The monoisotopic (exact) mass is 458 g/mol. The van der Waals surface area contributed by atoms with Gasteiger partial charge in [-0.15, -0.1) is 0 Å². The molecule has 0 amide bonds. The normalized spacial score (nSPS) is 11.6. The van der Waals surface area contributed by atoms with Crippen LogP contribution in [0.2, 0.25) is 0 Å². The minimum Gasteiger partial charge on any atom is -0.471 e. The van der Waals surface area contributed by atoms with Crippen LogP contribution < -0.4 is 10.3 Å². The van der Waals surface area contributed by atoms with Gasteiger partial charge < -0.3 is 4.74 Å². The van der Waals surface area contributed by atoms with Crippen LogP contribution in [0.5, 0.6) is 5.88 Å². The van der Waals surface area contributed by atoms with E-state index >= 15 is 0 Å². The molecule has 3 aromatic heterocycles. The molecule has 8 heteroatoms. The van der Waals surface area contributed by atoms with Crippen LogP contribution in [-0.2, 0) is 19.1 Å². The van der Waals surface area contributed by atoms with Gasteiger partial charge in [-0.05, 0) is 44.5 Å². The lowest BCUT2D eigenvalue weighted by Gasteiger charge is -2.18. The average molecular weight is 459 g/mol. The third-order valence-electron chi connectivity index (χ3n) is 5.63. The van der Waals surface area contributed by atoms with Crippen LogP contribution in [0.25, 0.3) is 16.9 Å². The zero-order valence-corrected chi connectivity index (χ0v) is 20.7. The average Bonchev–Trinajstić information content (AvgIpc) is 3.21. The summed E-state index contributed by atoms with van der Waals surface area (Å²) in [5, 5.41) is 4.31. The molecule has 1 aromatic carbocycles. The second-order valence-electron chi connectivity index (χ2n) is 9.52. The highest BCUT2D eigenvalue weighted by atomic mass is 16.5. The summed E-state index contributed by atoms with van der Waals surface area (Å²) in [7, 11) is 1.85. The zero-order chi connectivity index (χ0) is 24.6. The summed E-state index contributed by atoms with van der Waals surface area (Å²) < 4.78 is 9.18. The van der Waals surface area contributed by atoms with Gasteiger partial charge in [0.25, 0.3) is 5.56 Å². The fourth-order valence-electron chi connectivity index (χ4n) is 3.68. The molecule has 0 bridgehead atoms. The van der Waals surface area contributed by atoms with Crippen molar-refractivity contribution < 1.29 is 4.74 Å². The van der Waals surface area contributed by atoms with E-state index in [1.54, 1.807) is 22.4 Å². The van der Waals surface area contributed by atoms with E-state index in [0.29, 0.717) is 17.3 Å². The van der Waals surface area contributed by atoms with Gasteiger partial charge in [0, 0.05) is 30.4 Å². The Morgan fingerprint density at radius 3 is 2.47 bits per heavy atom. The minimum absolute atomic E-state index is 0.163. The molecule has 3 heterocycles. The van der Waals surface area contributed by atoms with Gasteiger partial charge in [0.15, 0.2) is 0 Å². The first-order chi connectivity index (χ1) is 16.0. The van der Waals surface area contributed by atoms with Crippen LogP contribution in [0, 0.1) is 20.8 Å². The Morgan fingerprint density at radius 1 is 1.03 bits per heavy atom. The van der Waals surface area contributed by atoms with Gasteiger partial charge in [-0.25, -0.2) is 9.97 Å². The molecule has 0 saturated carbocycles. The van der Waals surface area contributed by atoms with Gasteiger partial charge in [-0.3, -0.25) is 14.0 Å². The lowest BCUT2D eigenvalue weighted by atomic mass is 9.95. The van der Waals surface area contributed by atoms with Gasteiger partial charge in [0.1, 0.15) is 18.3 Å². The van der Waals surface area contributed by atoms with Gasteiger partial charge in [0.2, 0.25) is 5.88 Å². The molecule has 8 nitrogen and oxygen atoms in total. The summed E-state index contributed by atoms with van der Waals surface area (Å²) in [6.45, 7) is 12.0. The molecule has 176 valence electrons. The fourth-order valence-corrected chi connectivity index (χ4v) is 3.68. The SMILES string of the molecule is Cc1ccc(-c2ccnc(C(C)(C)C)n2)cc1-n1c(C)nc(OCc2ccn(C)n2)c(C)c1=O. The summed E-state index contributed by atoms with van der Waals surface area (Å²) in [5.74, 6) is 1.64. The van der Waals surface area contributed by atoms with E-state index in [2.05, 4.69) is 35.8 Å². The summed E-state index contributed by atoms with van der Waals surface area (Å²) in [6.07, 6.45) is 3.62. The van der Waals surface area contributed by atoms with E-state index in [-0.39, 0.29) is 17.6 Å². The van der Waals surface area contributed by atoms with Gasteiger partial charge in [0.05, 0.1) is 22.6 Å². The molecule has 0 unspecified atom stereocenters. The first kappa shape index (κ1) is 23.4. The molecule has 0 radical (unpaired) electrons. The molecular weight excluding hydrogens is 428 g/mol. The second-order valence-corrected chi connectivity index (χ2v) is 9.52. The molecule has 0 spiro atoms. The largest absolute Gasteiger partial charge is 0.471 e. The molecule has 0 aliphatic heterocycles. The number of aryl methyl sites for hydroxylation is 3. The van der Waals surface area contributed by atoms with Crippen LogP contribution in [0.1, 0.15) is 49.2 Å². The third-order valence-corrected chi connectivity index (χ3v) is 5.63.